The monoisotopic (exact) mass is 655 g/mol. The highest BCUT2D eigenvalue weighted by Gasteiger charge is 2.21. The molecule has 0 fully saturated rings. The Kier molecular flexibility index (Phi) is 6.68. The average molecular weight is 656 g/mol. The van der Waals surface area contributed by atoms with Gasteiger partial charge in [-0.2, -0.15) is 0 Å². The quantitative estimate of drug-likeness (QED) is 0.185. The van der Waals surface area contributed by atoms with Crippen LogP contribution in [0.5, 0.6) is 0 Å². The molecular formula is C46H29N3S. The van der Waals surface area contributed by atoms with Crippen LogP contribution in [0, 0.1) is 0 Å². The van der Waals surface area contributed by atoms with Crippen molar-refractivity contribution in [3.8, 4) is 50.7 Å². The third-order valence-electron chi connectivity index (χ3n) is 9.63. The predicted molar refractivity (Wildman–Crippen MR) is 211 cm³/mol. The van der Waals surface area contributed by atoms with Crippen molar-refractivity contribution in [2.24, 2.45) is 0 Å². The average Bonchev–Trinajstić information content (AvgIpc) is 3.75. The van der Waals surface area contributed by atoms with E-state index in [4.69, 9.17) is 9.97 Å². The lowest BCUT2D eigenvalue weighted by molar-refractivity contribution is 1.18. The zero-order chi connectivity index (χ0) is 33.0. The molecule has 10 rings (SSSR count). The first-order valence-corrected chi connectivity index (χ1v) is 17.7. The summed E-state index contributed by atoms with van der Waals surface area (Å²) in [7, 11) is 0. The number of rotatable bonds is 5. The van der Waals surface area contributed by atoms with Gasteiger partial charge in [-0.05, 0) is 35.4 Å². The van der Waals surface area contributed by atoms with Gasteiger partial charge in [0.05, 0.1) is 32.8 Å². The van der Waals surface area contributed by atoms with Crippen LogP contribution in [0.3, 0.4) is 0 Å². The van der Waals surface area contributed by atoms with Crippen molar-refractivity contribution in [1.29, 1.82) is 0 Å². The molecule has 3 heterocycles. The number of aromatic nitrogens is 3. The molecule has 0 saturated heterocycles. The first-order chi connectivity index (χ1) is 24.8. The predicted octanol–water partition coefficient (Wildman–Crippen LogP) is 12.6. The minimum atomic E-state index is 0.715. The van der Waals surface area contributed by atoms with E-state index in [1.165, 1.54) is 53.3 Å². The van der Waals surface area contributed by atoms with E-state index in [9.17, 15) is 0 Å². The van der Waals surface area contributed by atoms with Gasteiger partial charge < -0.3 is 4.57 Å². The van der Waals surface area contributed by atoms with E-state index in [0.29, 0.717) is 5.82 Å². The Morgan fingerprint density at radius 2 is 0.960 bits per heavy atom. The van der Waals surface area contributed by atoms with E-state index >= 15 is 0 Å². The van der Waals surface area contributed by atoms with E-state index in [2.05, 4.69) is 156 Å². The van der Waals surface area contributed by atoms with Crippen LogP contribution < -0.4 is 0 Å². The molecule has 0 radical (unpaired) electrons. The van der Waals surface area contributed by atoms with Crippen molar-refractivity contribution in [3.63, 3.8) is 0 Å². The highest BCUT2D eigenvalue weighted by molar-refractivity contribution is 7.26. The standard InChI is InChI=1S/C46H29N3S/c1-4-15-30(16-5-1)33-22-12-23-34-35-24-13-28-42(45(35)50-44(33)34)49-40-26-11-10-21-37(40)43-36(25-14-27-41(43)49)39-29-38(31-17-6-2-7-18-31)47-46(48-39)32-19-8-3-9-20-32/h1-29H. The van der Waals surface area contributed by atoms with Gasteiger partial charge in [-0.1, -0.05) is 152 Å². The molecule has 0 saturated carbocycles. The Morgan fingerprint density at radius 1 is 0.400 bits per heavy atom. The number of hydrogen-bond donors (Lipinski definition) is 0. The van der Waals surface area contributed by atoms with Crippen molar-refractivity contribution in [2.75, 3.05) is 0 Å². The molecule has 0 bridgehead atoms. The molecule has 0 spiro atoms. The first kappa shape index (κ1) is 28.6. The molecule has 0 unspecified atom stereocenters. The van der Waals surface area contributed by atoms with E-state index in [0.717, 1.165) is 33.6 Å². The fourth-order valence-corrected chi connectivity index (χ4v) is 8.72. The maximum atomic E-state index is 5.24. The zero-order valence-corrected chi connectivity index (χ0v) is 27.8. The largest absolute Gasteiger partial charge is 0.308 e. The van der Waals surface area contributed by atoms with Crippen LogP contribution in [-0.2, 0) is 0 Å². The highest BCUT2D eigenvalue weighted by atomic mass is 32.1. The summed E-state index contributed by atoms with van der Waals surface area (Å²) in [5.74, 6) is 0.715. The SMILES string of the molecule is c1ccc(-c2cc(-c3cccc4c3c3ccccc3n4-c3cccc4c3sc3c(-c5ccccc5)cccc34)nc(-c3ccccc3)n2)cc1. The van der Waals surface area contributed by atoms with Crippen LogP contribution in [0.25, 0.3) is 92.7 Å². The summed E-state index contributed by atoms with van der Waals surface area (Å²) in [4.78, 5) is 10.3. The van der Waals surface area contributed by atoms with E-state index in [1.54, 1.807) is 0 Å². The smallest absolute Gasteiger partial charge is 0.160 e. The Labute approximate surface area is 293 Å². The lowest BCUT2D eigenvalue weighted by atomic mass is 10.0. The van der Waals surface area contributed by atoms with E-state index < -0.39 is 0 Å². The van der Waals surface area contributed by atoms with Crippen LogP contribution in [0.4, 0.5) is 0 Å². The van der Waals surface area contributed by atoms with Gasteiger partial charge in [-0.25, -0.2) is 9.97 Å². The van der Waals surface area contributed by atoms with Crippen LogP contribution in [0.15, 0.2) is 176 Å². The molecule has 3 nitrogen and oxygen atoms in total. The molecule has 50 heavy (non-hydrogen) atoms. The fraction of sp³-hybridized carbons (Fsp3) is 0. The summed E-state index contributed by atoms with van der Waals surface area (Å²) in [5.41, 5.74) is 11.0. The Hall–Kier alpha value is -6.36. The Morgan fingerprint density at radius 3 is 1.74 bits per heavy atom. The van der Waals surface area contributed by atoms with E-state index in [-0.39, 0.29) is 0 Å². The molecule has 0 atom stereocenters. The van der Waals surface area contributed by atoms with Crippen molar-refractivity contribution in [3.05, 3.63) is 176 Å². The summed E-state index contributed by atoms with van der Waals surface area (Å²) in [6, 6.07) is 62.3. The Bertz CT molecular complexity index is 2800. The van der Waals surface area contributed by atoms with Gasteiger partial charge in [-0.3, -0.25) is 0 Å². The van der Waals surface area contributed by atoms with Gasteiger partial charge in [0.15, 0.2) is 5.82 Å². The molecule has 4 heteroatoms. The summed E-state index contributed by atoms with van der Waals surface area (Å²) in [6.45, 7) is 0. The second-order valence-corrected chi connectivity index (χ2v) is 13.6. The number of hydrogen-bond acceptors (Lipinski definition) is 3. The van der Waals surface area contributed by atoms with Crippen LogP contribution in [0.1, 0.15) is 0 Å². The minimum absolute atomic E-state index is 0.715. The molecule has 10 aromatic rings. The number of nitrogens with zero attached hydrogens (tertiary/aromatic N) is 3. The van der Waals surface area contributed by atoms with Gasteiger partial charge >= 0.3 is 0 Å². The third-order valence-corrected chi connectivity index (χ3v) is 10.9. The molecule has 0 aliphatic rings. The third kappa shape index (κ3) is 4.57. The number of fused-ring (bicyclic) bond motifs is 6. The van der Waals surface area contributed by atoms with Crippen molar-refractivity contribution in [2.45, 2.75) is 0 Å². The number of para-hydroxylation sites is 1. The zero-order valence-electron chi connectivity index (χ0n) is 27.0. The molecule has 7 aromatic carbocycles. The minimum Gasteiger partial charge on any atom is -0.308 e. The molecule has 0 amide bonds. The molecular weight excluding hydrogens is 627 g/mol. The summed E-state index contributed by atoms with van der Waals surface area (Å²) >= 11 is 1.88. The van der Waals surface area contributed by atoms with E-state index in [1.807, 2.05) is 35.6 Å². The lowest BCUT2D eigenvalue weighted by Gasteiger charge is -2.11. The van der Waals surface area contributed by atoms with Crippen LogP contribution in [-0.4, -0.2) is 14.5 Å². The van der Waals surface area contributed by atoms with Gasteiger partial charge in [0.2, 0.25) is 0 Å². The number of thiophene rings is 1. The van der Waals surface area contributed by atoms with Gasteiger partial charge in [-0.15, -0.1) is 11.3 Å². The molecule has 0 N–H and O–H groups in total. The van der Waals surface area contributed by atoms with Crippen LogP contribution in [0.2, 0.25) is 0 Å². The lowest BCUT2D eigenvalue weighted by Crippen LogP contribution is -1.96. The van der Waals surface area contributed by atoms with Crippen molar-refractivity contribution < 1.29 is 0 Å². The molecule has 0 aliphatic carbocycles. The van der Waals surface area contributed by atoms with Crippen molar-refractivity contribution >= 4 is 53.3 Å². The van der Waals surface area contributed by atoms with Gasteiger partial charge in [0, 0.05) is 42.9 Å². The van der Waals surface area contributed by atoms with Gasteiger partial charge in [0.25, 0.3) is 0 Å². The second kappa shape index (κ2) is 11.7. The molecule has 0 aliphatic heterocycles. The normalized spacial score (nSPS) is 11.6. The molecule has 234 valence electrons. The maximum absolute atomic E-state index is 5.24. The molecule has 3 aromatic heterocycles. The topological polar surface area (TPSA) is 30.7 Å². The second-order valence-electron chi connectivity index (χ2n) is 12.6. The highest BCUT2D eigenvalue weighted by Crippen LogP contribution is 2.45. The fourth-order valence-electron chi connectivity index (χ4n) is 7.38. The summed E-state index contributed by atoms with van der Waals surface area (Å²) in [6.07, 6.45) is 0. The number of benzene rings is 7. The maximum Gasteiger partial charge on any atom is 0.160 e. The summed E-state index contributed by atoms with van der Waals surface area (Å²) < 4.78 is 5.04. The van der Waals surface area contributed by atoms with Gasteiger partial charge in [0.1, 0.15) is 0 Å². The first-order valence-electron chi connectivity index (χ1n) is 16.8. The van der Waals surface area contributed by atoms with Crippen molar-refractivity contribution in [1.82, 2.24) is 14.5 Å². The Balaban J connectivity index is 1.25. The summed E-state index contributed by atoms with van der Waals surface area (Å²) in [5, 5.41) is 4.95. The van der Waals surface area contributed by atoms with Crippen LogP contribution >= 0.6 is 11.3 Å².